The van der Waals surface area contributed by atoms with E-state index in [-0.39, 0.29) is 36.5 Å². The van der Waals surface area contributed by atoms with Crippen LogP contribution in [0.15, 0.2) is 42.5 Å². The first-order valence-electron chi connectivity index (χ1n) is 8.62. The second-order valence-electron chi connectivity index (χ2n) is 5.83. The van der Waals surface area contributed by atoms with Gasteiger partial charge in [0.05, 0.1) is 23.5 Å². The highest BCUT2D eigenvalue weighted by atomic mass is 19.1. The summed E-state index contributed by atoms with van der Waals surface area (Å²) in [6.45, 7) is 2.96. The molecule has 28 heavy (non-hydrogen) atoms. The van der Waals surface area contributed by atoms with E-state index >= 15 is 0 Å². The molecule has 0 radical (unpaired) electrons. The van der Waals surface area contributed by atoms with Crippen LogP contribution in [0.2, 0.25) is 0 Å². The van der Waals surface area contributed by atoms with E-state index < -0.39 is 29.4 Å². The van der Waals surface area contributed by atoms with Crippen LogP contribution in [-0.4, -0.2) is 30.9 Å². The third-order valence-electron chi connectivity index (χ3n) is 3.84. The van der Waals surface area contributed by atoms with Gasteiger partial charge in [-0.2, -0.15) is 0 Å². The Morgan fingerprint density at radius 3 is 2.46 bits per heavy atom. The Morgan fingerprint density at radius 2 is 1.82 bits per heavy atom. The van der Waals surface area contributed by atoms with Crippen molar-refractivity contribution in [1.29, 1.82) is 0 Å². The Morgan fingerprint density at radius 1 is 1.11 bits per heavy atom. The fraction of sp³-hybridized carbons (Fsp3) is 0.250. The van der Waals surface area contributed by atoms with Crippen molar-refractivity contribution in [2.24, 2.45) is 0 Å². The summed E-state index contributed by atoms with van der Waals surface area (Å²) in [6, 6.07) is 9.19. The zero-order chi connectivity index (χ0) is 20.7. The summed E-state index contributed by atoms with van der Waals surface area (Å²) in [5, 5.41) is 2.59. The maximum absolute atomic E-state index is 14.0. The minimum absolute atomic E-state index is 0.117. The lowest BCUT2D eigenvalue weighted by molar-refractivity contribution is -0.117. The lowest BCUT2D eigenvalue weighted by atomic mass is 10.1. The third-order valence-corrected chi connectivity index (χ3v) is 3.84. The molecule has 2 rings (SSSR count). The van der Waals surface area contributed by atoms with E-state index in [1.807, 2.05) is 0 Å². The highest BCUT2D eigenvalue weighted by molar-refractivity contribution is 6.01. The largest absolute Gasteiger partial charge is 0.462 e. The molecule has 148 valence electrons. The number of esters is 1. The predicted octanol–water partition coefficient (Wildman–Crippen LogP) is 3.52. The van der Waals surface area contributed by atoms with Crippen molar-refractivity contribution in [3.63, 3.8) is 0 Å². The maximum atomic E-state index is 14.0. The van der Waals surface area contributed by atoms with E-state index in [1.54, 1.807) is 25.1 Å². The Labute approximate surface area is 161 Å². The van der Waals surface area contributed by atoms with Gasteiger partial charge in [0.1, 0.15) is 11.6 Å². The number of benzene rings is 2. The van der Waals surface area contributed by atoms with Gasteiger partial charge in [-0.3, -0.25) is 9.59 Å². The van der Waals surface area contributed by atoms with Crippen LogP contribution in [0.4, 0.5) is 20.2 Å². The zero-order valence-corrected chi connectivity index (χ0v) is 15.5. The number of nitrogens with one attached hydrogen (secondary N) is 1. The molecule has 0 saturated heterocycles. The van der Waals surface area contributed by atoms with E-state index in [9.17, 15) is 23.2 Å². The first kappa shape index (κ1) is 21.0. The van der Waals surface area contributed by atoms with Gasteiger partial charge in [0.15, 0.2) is 0 Å². The molecule has 2 aromatic carbocycles. The molecule has 0 unspecified atom stereocenters. The molecule has 0 aliphatic carbocycles. The van der Waals surface area contributed by atoms with Crippen molar-refractivity contribution in [3.05, 3.63) is 59.7 Å². The monoisotopic (exact) mass is 390 g/mol. The third kappa shape index (κ3) is 5.35. The number of nitrogens with zero attached hydrogens (tertiary/aromatic N) is 1. The number of hydrogen-bond acceptors (Lipinski definition) is 4. The van der Waals surface area contributed by atoms with Crippen molar-refractivity contribution in [2.75, 3.05) is 23.4 Å². The van der Waals surface area contributed by atoms with E-state index in [0.717, 1.165) is 17.0 Å². The van der Waals surface area contributed by atoms with Crippen LogP contribution < -0.4 is 10.2 Å². The van der Waals surface area contributed by atoms with Crippen LogP contribution in [0.3, 0.4) is 0 Å². The molecule has 0 aromatic heterocycles. The zero-order valence-electron chi connectivity index (χ0n) is 15.5. The second kappa shape index (κ2) is 9.59. The SMILES string of the molecule is CCOC(=O)c1ccccc1NC(=O)CCN(C(C)=O)c1ccc(F)cc1F. The summed E-state index contributed by atoms with van der Waals surface area (Å²) in [5.74, 6) is -3.21. The number of anilines is 2. The van der Waals surface area contributed by atoms with Crippen molar-refractivity contribution < 1.29 is 27.9 Å². The molecule has 0 bridgehead atoms. The lowest BCUT2D eigenvalue weighted by Crippen LogP contribution is -2.32. The quantitative estimate of drug-likeness (QED) is 0.734. The Kier molecular flexibility index (Phi) is 7.20. The minimum Gasteiger partial charge on any atom is -0.462 e. The summed E-state index contributed by atoms with van der Waals surface area (Å²) in [4.78, 5) is 37.1. The normalized spacial score (nSPS) is 10.3. The minimum atomic E-state index is -0.900. The first-order valence-corrected chi connectivity index (χ1v) is 8.62. The van der Waals surface area contributed by atoms with Gasteiger partial charge in [-0.05, 0) is 31.2 Å². The average molecular weight is 390 g/mol. The van der Waals surface area contributed by atoms with Gasteiger partial charge in [0.2, 0.25) is 11.8 Å². The molecule has 0 heterocycles. The van der Waals surface area contributed by atoms with E-state index in [0.29, 0.717) is 6.07 Å². The van der Waals surface area contributed by atoms with Crippen molar-refractivity contribution in [1.82, 2.24) is 0 Å². The van der Waals surface area contributed by atoms with Gasteiger partial charge in [-0.25, -0.2) is 13.6 Å². The van der Waals surface area contributed by atoms with Crippen LogP contribution in [-0.2, 0) is 14.3 Å². The Balaban J connectivity index is 2.08. The van der Waals surface area contributed by atoms with Gasteiger partial charge in [-0.15, -0.1) is 0 Å². The smallest absolute Gasteiger partial charge is 0.340 e. The number of amides is 2. The van der Waals surface area contributed by atoms with Crippen molar-refractivity contribution >= 4 is 29.2 Å². The molecule has 1 N–H and O–H groups in total. The molecule has 2 aromatic rings. The summed E-state index contributed by atoms with van der Waals surface area (Å²) in [6.07, 6.45) is -0.159. The molecule has 0 saturated carbocycles. The number of para-hydroxylation sites is 1. The highest BCUT2D eigenvalue weighted by Gasteiger charge is 2.19. The van der Waals surface area contributed by atoms with Crippen LogP contribution in [0.1, 0.15) is 30.6 Å². The number of hydrogen-bond donors (Lipinski definition) is 1. The van der Waals surface area contributed by atoms with Crippen molar-refractivity contribution in [3.8, 4) is 0 Å². The van der Waals surface area contributed by atoms with Gasteiger partial charge in [-0.1, -0.05) is 12.1 Å². The molecule has 0 aliphatic heterocycles. The lowest BCUT2D eigenvalue weighted by Gasteiger charge is -2.21. The summed E-state index contributed by atoms with van der Waals surface area (Å²) in [7, 11) is 0. The van der Waals surface area contributed by atoms with Crippen LogP contribution in [0.5, 0.6) is 0 Å². The second-order valence-corrected chi connectivity index (χ2v) is 5.83. The molecule has 2 amide bonds. The van der Waals surface area contributed by atoms with Crippen LogP contribution in [0.25, 0.3) is 0 Å². The van der Waals surface area contributed by atoms with E-state index in [2.05, 4.69) is 5.32 Å². The highest BCUT2D eigenvalue weighted by Crippen LogP contribution is 2.21. The fourth-order valence-electron chi connectivity index (χ4n) is 2.55. The average Bonchev–Trinajstić information content (AvgIpc) is 2.63. The Hall–Kier alpha value is -3.29. The molecular formula is C20H20F2N2O4. The fourth-order valence-corrected chi connectivity index (χ4v) is 2.55. The molecule has 8 heteroatoms. The standard InChI is InChI=1S/C20H20F2N2O4/c1-3-28-20(27)15-6-4-5-7-17(15)23-19(26)10-11-24(13(2)25)18-9-8-14(21)12-16(18)22/h4-9,12H,3,10-11H2,1-2H3,(H,23,26). The molecular weight excluding hydrogens is 370 g/mol. The van der Waals surface area contributed by atoms with Crippen LogP contribution >= 0.6 is 0 Å². The predicted molar refractivity (Wildman–Crippen MR) is 100 cm³/mol. The topological polar surface area (TPSA) is 75.7 Å². The molecule has 0 fully saturated rings. The van der Waals surface area contributed by atoms with Crippen molar-refractivity contribution in [2.45, 2.75) is 20.3 Å². The van der Waals surface area contributed by atoms with E-state index in [1.165, 1.54) is 13.0 Å². The summed E-state index contributed by atoms with van der Waals surface area (Å²) < 4.78 is 32.0. The molecule has 0 aliphatic rings. The number of halogens is 2. The Bertz CT molecular complexity index is 886. The van der Waals surface area contributed by atoms with Crippen LogP contribution in [0, 0.1) is 11.6 Å². The van der Waals surface area contributed by atoms with E-state index in [4.69, 9.17) is 4.74 Å². The number of rotatable bonds is 7. The first-order chi connectivity index (χ1) is 13.3. The van der Waals surface area contributed by atoms with Gasteiger partial charge in [0.25, 0.3) is 0 Å². The number of carbonyl (C=O) groups excluding carboxylic acids is 3. The molecule has 0 atom stereocenters. The number of carbonyl (C=O) groups is 3. The summed E-state index contributed by atoms with van der Waals surface area (Å²) in [5.41, 5.74) is 0.354. The molecule has 0 spiro atoms. The molecule has 6 nitrogen and oxygen atoms in total. The van der Waals surface area contributed by atoms with Gasteiger partial charge >= 0.3 is 5.97 Å². The van der Waals surface area contributed by atoms with Gasteiger partial charge < -0.3 is 15.0 Å². The maximum Gasteiger partial charge on any atom is 0.340 e. The summed E-state index contributed by atoms with van der Waals surface area (Å²) >= 11 is 0. The van der Waals surface area contributed by atoms with Gasteiger partial charge in [0, 0.05) is 26.0 Å². The number of ether oxygens (including phenoxy) is 1.